The summed E-state index contributed by atoms with van der Waals surface area (Å²) >= 11 is 6.02. The van der Waals surface area contributed by atoms with Gasteiger partial charge in [-0.05, 0) is 40.2 Å². The van der Waals surface area contributed by atoms with Crippen molar-refractivity contribution in [3.63, 3.8) is 0 Å². The van der Waals surface area contributed by atoms with Gasteiger partial charge in [-0.25, -0.2) is 4.98 Å². The lowest BCUT2D eigenvalue weighted by Crippen LogP contribution is -2.34. The first-order chi connectivity index (χ1) is 12.0. The van der Waals surface area contributed by atoms with Crippen molar-refractivity contribution in [3.8, 4) is 5.75 Å². The number of para-hydroxylation sites is 1. The molecule has 0 bridgehead atoms. The summed E-state index contributed by atoms with van der Waals surface area (Å²) in [5, 5.41) is 3.21. The number of anilines is 1. The zero-order valence-corrected chi connectivity index (χ0v) is 16.6. The van der Waals surface area contributed by atoms with E-state index in [4.69, 9.17) is 4.74 Å². The minimum atomic E-state index is -0.301. The smallest absolute Gasteiger partial charge is 0.264 e. The van der Waals surface area contributed by atoms with Crippen LogP contribution >= 0.6 is 38.6 Å². The first-order valence-electron chi connectivity index (χ1n) is 7.22. The Labute approximate surface area is 160 Å². The maximum atomic E-state index is 12.3. The highest BCUT2D eigenvalue weighted by molar-refractivity contribution is 9.11. The number of methoxy groups -OCH3 is 1. The van der Waals surface area contributed by atoms with Gasteiger partial charge >= 0.3 is 0 Å². The molecule has 2 heterocycles. The van der Waals surface area contributed by atoms with E-state index in [1.807, 2.05) is 18.2 Å². The molecule has 130 valence electrons. The molecule has 0 saturated heterocycles. The number of aromatic nitrogens is 1. The van der Waals surface area contributed by atoms with E-state index in [0.29, 0.717) is 21.3 Å². The van der Waals surface area contributed by atoms with Gasteiger partial charge in [-0.1, -0.05) is 17.4 Å². The average molecular weight is 440 g/mol. The van der Waals surface area contributed by atoms with Crippen LogP contribution in [0.2, 0.25) is 0 Å². The molecular weight excluding hydrogens is 426 g/mol. The van der Waals surface area contributed by atoms with Crippen molar-refractivity contribution >= 4 is 65.8 Å². The number of nitrogens with zero attached hydrogens (tertiary/aromatic N) is 2. The van der Waals surface area contributed by atoms with Crippen LogP contribution in [-0.2, 0) is 4.79 Å². The Morgan fingerprint density at radius 1 is 1.28 bits per heavy atom. The molecular formula is C16H14BrN3O3S2. The number of ether oxygens (including phenoxy) is 1. The summed E-state index contributed by atoms with van der Waals surface area (Å²) in [6.07, 6.45) is 0. The zero-order chi connectivity index (χ0) is 18.0. The van der Waals surface area contributed by atoms with Crippen molar-refractivity contribution in [1.29, 1.82) is 0 Å². The second-order valence-corrected chi connectivity index (χ2v) is 8.63. The Hall–Kier alpha value is -1.97. The largest absolute Gasteiger partial charge is 0.494 e. The van der Waals surface area contributed by atoms with Gasteiger partial charge in [-0.2, -0.15) is 0 Å². The summed E-state index contributed by atoms with van der Waals surface area (Å²) in [5.41, 5.74) is 0.707. The summed E-state index contributed by atoms with van der Waals surface area (Å²) in [4.78, 5) is 30.8. The van der Waals surface area contributed by atoms with E-state index >= 15 is 0 Å². The number of carbonyl (C=O) groups is 2. The lowest BCUT2D eigenvalue weighted by atomic mass is 10.3. The monoisotopic (exact) mass is 439 g/mol. The predicted molar refractivity (Wildman–Crippen MR) is 104 cm³/mol. The Morgan fingerprint density at radius 2 is 2.08 bits per heavy atom. The third-order valence-electron chi connectivity index (χ3n) is 3.36. The third kappa shape index (κ3) is 4.00. The van der Waals surface area contributed by atoms with Gasteiger partial charge in [0.2, 0.25) is 5.91 Å². The van der Waals surface area contributed by atoms with Crippen LogP contribution in [0.5, 0.6) is 5.75 Å². The average Bonchev–Trinajstić information content (AvgIpc) is 3.19. The number of rotatable bonds is 5. The van der Waals surface area contributed by atoms with E-state index in [1.54, 1.807) is 26.3 Å². The standard InChI is InChI=1S/C16H14BrN3O3S2/c1-20(15(22)11-6-7-12(17)24-11)8-13(21)18-16-19-14-9(23-2)4-3-5-10(14)25-16/h3-7H,8H2,1-2H3,(H,18,19,21). The van der Waals surface area contributed by atoms with Gasteiger partial charge in [0, 0.05) is 7.05 Å². The number of thiazole rings is 1. The number of nitrogens with one attached hydrogen (secondary N) is 1. The quantitative estimate of drug-likeness (QED) is 0.655. The second kappa shape index (κ2) is 7.51. The van der Waals surface area contributed by atoms with Crippen molar-refractivity contribution in [1.82, 2.24) is 9.88 Å². The molecule has 0 aliphatic heterocycles. The van der Waals surface area contributed by atoms with E-state index < -0.39 is 0 Å². The number of halogens is 1. The molecule has 3 aromatic rings. The highest BCUT2D eigenvalue weighted by atomic mass is 79.9. The molecule has 9 heteroatoms. The summed E-state index contributed by atoms with van der Waals surface area (Å²) in [6, 6.07) is 9.14. The molecule has 6 nitrogen and oxygen atoms in total. The van der Waals surface area contributed by atoms with Crippen molar-refractivity contribution in [2.45, 2.75) is 0 Å². The molecule has 0 fully saturated rings. The zero-order valence-electron chi connectivity index (χ0n) is 13.4. The van der Waals surface area contributed by atoms with Gasteiger partial charge < -0.3 is 15.0 Å². The number of carbonyl (C=O) groups excluding carboxylic acids is 2. The molecule has 1 aromatic carbocycles. The molecule has 25 heavy (non-hydrogen) atoms. The number of benzene rings is 1. The van der Waals surface area contributed by atoms with Crippen molar-refractivity contribution < 1.29 is 14.3 Å². The van der Waals surface area contributed by atoms with Crippen LogP contribution in [0.15, 0.2) is 34.1 Å². The predicted octanol–water partition coefficient (Wildman–Crippen LogP) is 3.84. The second-order valence-electron chi connectivity index (χ2n) is 5.14. The van der Waals surface area contributed by atoms with E-state index in [-0.39, 0.29) is 18.4 Å². The molecule has 2 amide bonds. The molecule has 0 atom stereocenters. The van der Waals surface area contributed by atoms with Gasteiger partial charge in [0.1, 0.15) is 11.3 Å². The van der Waals surface area contributed by atoms with Crippen LogP contribution in [0.25, 0.3) is 10.2 Å². The van der Waals surface area contributed by atoms with Gasteiger partial charge in [-0.15, -0.1) is 11.3 Å². The summed E-state index contributed by atoms with van der Waals surface area (Å²) in [6.45, 7) is -0.0542. The third-order valence-corrected chi connectivity index (χ3v) is 5.91. The molecule has 0 unspecified atom stereocenters. The van der Waals surface area contributed by atoms with Crippen molar-refractivity contribution in [2.24, 2.45) is 0 Å². The minimum Gasteiger partial charge on any atom is -0.494 e. The lowest BCUT2D eigenvalue weighted by Gasteiger charge is -2.15. The summed E-state index contributed by atoms with van der Waals surface area (Å²) < 4.78 is 7.06. The Bertz CT molecular complexity index is 938. The van der Waals surface area contributed by atoms with E-state index in [9.17, 15) is 9.59 Å². The SMILES string of the molecule is COc1cccc2sc(NC(=O)CN(C)C(=O)c3ccc(Br)s3)nc12. The van der Waals surface area contributed by atoms with Gasteiger partial charge in [0.05, 0.1) is 27.0 Å². The molecule has 2 aromatic heterocycles. The summed E-state index contributed by atoms with van der Waals surface area (Å²) in [7, 11) is 3.17. The maximum absolute atomic E-state index is 12.3. The van der Waals surface area contributed by atoms with Crippen LogP contribution in [0.1, 0.15) is 9.67 Å². The fourth-order valence-electron chi connectivity index (χ4n) is 2.20. The number of hydrogen-bond acceptors (Lipinski definition) is 6. The van der Waals surface area contributed by atoms with E-state index in [2.05, 4.69) is 26.2 Å². The molecule has 0 spiro atoms. The van der Waals surface area contributed by atoms with E-state index in [0.717, 1.165) is 8.49 Å². The first kappa shape index (κ1) is 17.8. The fraction of sp³-hybridized carbons (Fsp3) is 0.188. The molecule has 0 aliphatic carbocycles. The molecule has 0 radical (unpaired) electrons. The number of amides is 2. The molecule has 0 aliphatic rings. The lowest BCUT2D eigenvalue weighted by molar-refractivity contribution is -0.116. The highest BCUT2D eigenvalue weighted by Gasteiger charge is 2.18. The van der Waals surface area contributed by atoms with Crippen LogP contribution < -0.4 is 10.1 Å². The Balaban J connectivity index is 1.67. The Morgan fingerprint density at radius 3 is 2.76 bits per heavy atom. The van der Waals surface area contributed by atoms with Crippen LogP contribution in [0.3, 0.4) is 0 Å². The van der Waals surface area contributed by atoms with Crippen LogP contribution in [-0.4, -0.2) is 42.4 Å². The first-order valence-corrected chi connectivity index (χ1v) is 9.64. The number of thiophene rings is 1. The molecule has 1 N–H and O–H groups in total. The number of likely N-dealkylation sites (N-methyl/N-ethyl adjacent to an activating group) is 1. The highest BCUT2D eigenvalue weighted by Crippen LogP contribution is 2.32. The molecule has 0 saturated carbocycles. The van der Waals surface area contributed by atoms with Crippen LogP contribution in [0.4, 0.5) is 5.13 Å². The van der Waals surface area contributed by atoms with Gasteiger partial charge in [0.25, 0.3) is 5.91 Å². The van der Waals surface area contributed by atoms with E-state index in [1.165, 1.54) is 27.6 Å². The van der Waals surface area contributed by atoms with Crippen molar-refractivity contribution in [3.05, 3.63) is 39.0 Å². The summed E-state index contributed by atoms with van der Waals surface area (Å²) in [5.74, 6) is 0.158. The topological polar surface area (TPSA) is 71.5 Å². The maximum Gasteiger partial charge on any atom is 0.264 e. The van der Waals surface area contributed by atoms with Crippen molar-refractivity contribution in [2.75, 3.05) is 26.0 Å². The van der Waals surface area contributed by atoms with Gasteiger partial charge in [0.15, 0.2) is 5.13 Å². The molecule has 3 rings (SSSR count). The number of hydrogen-bond donors (Lipinski definition) is 1. The Kier molecular flexibility index (Phi) is 5.36. The minimum absolute atomic E-state index is 0.0542. The normalized spacial score (nSPS) is 10.7. The fourth-order valence-corrected chi connectivity index (χ4v) is 4.49. The number of fused-ring (bicyclic) bond motifs is 1. The van der Waals surface area contributed by atoms with Crippen LogP contribution in [0, 0.1) is 0 Å². The van der Waals surface area contributed by atoms with Gasteiger partial charge in [-0.3, -0.25) is 9.59 Å².